The second kappa shape index (κ2) is 14.9. The van der Waals surface area contributed by atoms with Crippen LogP contribution < -0.4 is 15.4 Å². The maximum Gasteiger partial charge on any atom is 0.191 e. The molecule has 0 fully saturated rings. The fourth-order valence-corrected chi connectivity index (χ4v) is 2.81. The van der Waals surface area contributed by atoms with Crippen molar-refractivity contribution < 1.29 is 14.2 Å². The molecule has 0 aromatic heterocycles. The van der Waals surface area contributed by atoms with E-state index in [0.717, 1.165) is 70.2 Å². The first-order chi connectivity index (χ1) is 12.8. The van der Waals surface area contributed by atoms with E-state index >= 15 is 0 Å². The molecule has 0 saturated heterocycles. The van der Waals surface area contributed by atoms with Gasteiger partial charge in [-0.15, -0.1) is 24.0 Å². The van der Waals surface area contributed by atoms with E-state index in [4.69, 9.17) is 14.2 Å². The number of nitrogens with zero attached hydrogens (tertiary/aromatic N) is 1. The minimum absolute atomic E-state index is 0. The van der Waals surface area contributed by atoms with E-state index in [0.29, 0.717) is 13.2 Å². The van der Waals surface area contributed by atoms with E-state index in [9.17, 15) is 0 Å². The van der Waals surface area contributed by atoms with Crippen LogP contribution in [0, 0.1) is 0 Å². The molecular formula is C20H34IN3O3. The lowest BCUT2D eigenvalue weighted by Crippen LogP contribution is -2.38. The van der Waals surface area contributed by atoms with Crippen LogP contribution in [0.25, 0.3) is 0 Å². The molecule has 1 aliphatic heterocycles. The Hall–Kier alpha value is -1.06. The van der Waals surface area contributed by atoms with Crippen LogP contribution >= 0.6 is 24.0 Å². The molecule has 0 amide bonds. The van der Waals surface area contributed by atoms with E-state index in [1.165, 1.54) is 11.1 Å². The standard InChI is InChI=1S/C20H33N3O3.HI/c1-3-21-20(22-10-4-5-12-25-15-14-24-2)23-11-8-17-6-7-19-18(16-17)9-13-26-19;/h6-7,16H,3-5,8-15H2,1-2H3,(H2,21,22,23);1H. The SMILES string of the molecule is CCNC(=NCCCCOCCOC)NCCc1ccc2c(c1)CCO2.I. The molecule has 0 radical (unpaired) electrons. The third kappa shape index (κ3) is 9.62. The summed E-state index contributed by atoms with van der Waals surface area (Å²) in [6, 6.07) is 6.50. The van der Waals surface area contributed by atoms with Gasteiger partial charge in [0.25, 0.3) is 0 Å². The molecule has 27 heavy (non-hydrogen) atoms. The topological polar surface area (TPSA) is 64.1 Å². The van der Waals surface area contributed by atoms with Crippen LogP contribution in [-0.4, -0.2) is 59.1 Å². The maximum atomic E-state index is 5.56. The Balaban J connectivity index is 0.00000364. The first-order valence-electron chi connectivity index (χ1n) is 9.67. The minimum Gasteiger partial charge on any atom is -0.493 e. The Bertz CT molecular complexity index is 555. The number of nitrogens with one attached hydrogen (secondary N) is 2. The van der Waals surface area contributed by atoms with Gasteiger partial charge in [-0.3, -0.25) is 4.99 Å². The van der Waals surface area contributed by atoms with E-state index in [-0.39, 0.29) is 24.0 Å². The summed E-state index contributed by atoms with van der Waals surface area (Å²) in [7, 11) is 1.69. The van der Waals surface area contributed by atoms with Gasteiger partial charge in [0, 0.05) is 39.8 Å². The lowest BCUT2D eigenvalue weighted by molar-refractivity contribution is 0.0690. The van der Waals surface area contributed by atoms with Gasteiger partial charge in [0.15, 0.2) is 5.96 Å². The van der Waals surface area contributed by atoms with Crippen molar-refractivity contribution in [1.82, 2.24) is 10.6 Å². The average Bonchev–Trinajstić information content (AvgIpc) is 3.11. The zero-order chi connectivity index (χ0) is 18.5. The second-order valence-corrected chi connectivity index (χ2v) is 6.29. The van der Waals surface area contributed by atoms with Gasteiger partial charge in [0.05, 0.1) is 19.8 Å². The van der Waals surface area contributed by atoms with Crippen LogP contribution in [0.15, 0.2) is 23.2 Å². The molecule has 154 valence electrons. The summed E-state index contributed by atoms with van der Waals surface area (Å²) in [5, 5.41) is 6.72. The molecule has 0 atom stereocenters. The fraction of sp³-hybridized carbons (Fsp3) is 0.650. The molecule has 0 aliphatic carbocycles. The smallest absolute Gasteiger partial charge is 0.191 e. The molecule has 0 saturated carbocycles. The molecule has 2 N–H and O–H groups in total. The monoisotopic (exact) mass is 491 g/mol. The first-order valence-corrected chi connectivity index (χ1v) is 9.67. The van der Waals surface area contributed by atoms with Gasteiger partial charge in [-0.25, -0.2) is 0 Å². The molecule has 6 nitrogen and oxygen atoms in total. The molecule has 1 aromatic carbocycles. The molecule has 1 aliphatic rings. The number of methoxy groups -OCH3 is 1. The highest BCUT2D eigenvalue weighted by molar-refractivity contribution is 14.0. The predicted octanol–water partition coefficient (Wildman–Crippen LogP) is 2.78. The molecule has 7 heteroatoms. The lowest BCUT2D eigenvalue weighted by atomic mass is 10.1. The van der Waals surface area contributed by atoms with Crippen molar-refractivity contribution in [2.24, 2.45) is 4.99 Å². The summed E-state index contributed by atoms with van der Waals surface area (Å²) < 4.78 is 16.0. The van der Waals surface area contributed by atoms with Crippen LogP contribution in [-0.2, 0) is 22.3 Å². The lowest BCUT2D eigenvalue weighted by Gasteiger charge is -2.11. The number of hydrogen-bond donors (Lipinski definition) is 2. The van der Waals surface area contributed by atoms with Gasteiger partial charge in [-0.1, -0.05) is 12.1 Å². The predicted molar refractivity (Wildman–Crippen MR) is 121 cm³/mol. The van der Waals surface area contributed by atoms with Crippen LogP contribution in [0.4, 0.5) is 0 Å². The zero-order valence-corrected chi connectivity index (χ0v) is 18.9. The van der Waals surface area contributed by atoms with Crippen LogP contribution in [0.5, 0.6) is 5.75 Å². The highest BCUT2D eigenvalue weighted by Crippen LogP contribution is 2.25. The van der Waals surface area contributed by atoms with Crippen molar-refractivity contribution in [2.45, 2.75) is 32.6 Å². The second-order valence-electron chi connectivity index (χ2n) is 6.29. The number of benzene rings is 1. The van der Waals surface area contributed by atoms with Crippen molar-refractivity contribution in [3.8, 4) is 5.75 Å². The quantitative estimate of drug-likeness (QED) is 0.204. The molecule has 0 unspecified atom stereocenters. The molecule has 0 bridgehead atoms. The number of hydrogen-bond acceptors (Lipinski definition) is 4. The zero-order valence-electron chi connectivity index (χ0n) is 16.6. The van der Waals surface area contributed by atoms with E-state index < -0.39 is 0 Å². The van der Waals surface area contributed by atoms with Crippen molar-refractivity contribution in [2.75, 3.05) is 53.2 Å². The Morgan fingerprint density at radius 2 is 2.07 bits per heavy atom. The number of guanidine groups is 1. The van der Waals surface area contributed by atoms with Gasteiger partial charge in [-0.2, -0.15) is 0 Å². The van der Waals surface area contributed by atoms with E-state index in [2.05, 4.69) is 40.7 Å². The van der Waals surface area contributed by atoms with Gasteiger partial charge in [0.1, 0.15) is 5.75 Å². The third-order valence-electron chi connectivity index (χ3n) is 4.20. The summed E-state index contributed by atoms with van der Waals surface area (Å²) in [6.45, 7) is 7.52. The Kier molecular flexibility index (Phi) is 13.3. The first kappa shape index (κ1) is 24.0. The minimum atomic E-state index is 0. The summed E-state index contributed by atoms with van der Waals surface area (Å²) in [6.07, 6.45) is 4.04. The van der Waals surface area contributed by atoms with Gasteiger partial charge in [0.2, 0.25) is 0 Å². The van der Waals surface area contributed by atoms with Crippen molar-refractivity contribution in [3.63, 3.8) is 0 Å². The highest BCUT2D eigenvalue weighted by atomic mass is 127. The fourth-order valence-electron chi connectivity index (χ4n) is 2.81. The molecule has 1 heterocycles. The largest absolute Gasteiger partial charge is 0.493 e. The number of ether oxygens (including phenoxy) is 3. The summed E-state index contributed by atoms with van der Waals surface area (Å²) >= 11 is 0. The Morgan fingerprint density at radius 1 is 1.19 bits per heavy atom. The molecule has 1 aromatic rings. The molecule has 2 rings (SSSR count). The number of halogens is 1. The van der Waals surface area contributed by atoms with Crippen LogP contribution in [0.3, 0.4) is 0 Å². The number of aliphatic imine (C=N–C) groups is 1. The molecule has 0 spiro atoms. The maximum absolute atomic E-state index is 5.56. The van der Waals surface area contributed by atoms with Gasteiger partial charge in [-0.05, 0) is 43.4 Å². The van der Waals surface area contributed by atoms with Crippen LogP contribution in [0.1, 0.15) is 30.9 Å². The highest BCUT2D eigenvalue weighted by Gasteiger charge is 2.11. The Labute approximate surface area is 180 Å². The van der Waals surface area contributed by atoms with E-state index in [1.807, 2.05) is 0 Å². The van der Waals surface area contributed by atoms with Crippen molar-refractivity contribution in [1.29, 1.82) is 0 Å². The summed E-state index contributed by atoms with van der Waals surface area (Å²) in [5.41, 5.74) is 2.67. The number of rotatable bonds is 12. The number of unbranched alkanes of at least 4 members (excludes halogenated alkanes) is 1. The average molecular weight is 491 g/mol. The summed E-state index contributed by atoms with van der Waals surface area (Å²) in [5.74, 6) is 1.93. The van der Waals surface area contributed by atoms with Gasteiger partial charge >= 0.3 is 0 Å². The van der Waals surface area contributed by atoms with Crippen molar-refractivity contribution in [3.05, 3.63) is 29.3 Å². The van der Waals surface area contributed by atoms with E-state index in [1.54, 1.807) is 7.11 Å². The molecular weight excluding hydrogens is 457 g/mol. The summed E-state index contributed by atoms with van der Waals surface area (Å²) in [4.78, 5) is 4.63. The normalized spacial score (nSPS) is 12.9. The Morgan fingerprint density at radius 3 is 2.89 bits per heavy atom. The van der Waals surface area contributed by atoms with Gasteiger partial charge < -0.3 is 24.8 Å². The van der Waals surface area contributed by atoms with Crippen molar-refractivity contribution >= 4 is 29.9 Å². The third-order valence-corrected chi connectivity index (χ3v) is 4.20. The van der Waals surface area contributed by atoms with Crippen LogP contribution in [0.2, 0.25) is 0 Å². The number of fused-ring (bicyclic) bond motifs is 1.